The molecule has 2 aromatic heterocycles. The van der Waals surface area contributed by atoms with Crippen LogP contribution >= 0.6 is 0 Å². The molecule has 2 rings (SSSR count). The maximum Gasteiger partial charge on any atom is 0.225 e. The Balaban J connectivity index is 2.57. The number of anilines is 1. The van der Waals surface area contributed by atoms with Gasteiger partial charge in [0.05, 0.1) is 6.20 Å². The van der Waals surface area contributed by atoms with E-state index in [1.807, 2.05) is 17.8 Å². The monoisotopic (exact) mass is 164 g/mol. The molecule has 2 N–H and O–H groups in total. The summed E-state index contributed by atoms with van der Waals surface area (Å²) in [4.78, 5) is 4.07. The van der Waals surface area contributed by atoms with Gasteiger partial charge in [-0.25, -0.2) is 4.98 Å². The summed E-state index contributed by atoms with van der Waals surface area (Å²) in [5.41, 5.74) is 6.10. The van der Waals surface area contributed by atoms with Crippen LogP contribution in [0.4, 0.5) is 5.69 Å². The molecular weight excluding hydrogens is 156 g/mol. The maximum atomic E-state index is 5.59. The molecule has 0 spiro atoms. The van der Waals surface area contributed by atoms with E-state index in [4.69, 9.17) is 10.3 Å². The van der Waals surface area contributed by atoms with Crippen molar-refractivity contribution >= 4 is 5.69 Å². The van der Waals surface area contributed by atoms with Crippen molar-refractivity contribution in [3.8, 4) is 11.6 Å². The smallest absolute Gasteiger partial charge is 0.225 e. The second-order valence-corrected chi connectivity index (χ2v) is 2.47. The molecular formula is C7H8N4O. The molecule has 0 radical (unpaired) electrons. The summed E-state index contributed by atoms with van der Waals surface area (Å²) in [6, 6.07) is 0. The molecule has 5 heteroatoms. The molecule has 0 amide bonds. The van der Waals surface area contributed by atoms with Crippen LogP contribution in [-0.4, -0.2) is 14.7 Å². The van der Waals surface area contributed by atoms with Gasteiger partial charge in [0.2, 0.25) is 5.76 Å². The standard InChI is InChI=1S/C7H8N4O/c1-11-3-2-9-7(11)6-5(8)4-10-12-6/h2-4H,8H2,1H3. The summed E-state index contributed by atoms with van der Waals surface area (Å²) in [6.07, 6.45) is 4.96. The SMILES string of the molecule is Cn1ccnc1-c1oncc1N. The average molecular weight is 164 g/mol. The molecule has 62 valence electrons. The summed E-state index contributed by atoms with van der Waals surface area (Å²) < 4.78 is 6.75. The maximum absolute atomic E-state index is 5.59. The summed E-state index contributed by atoms with van der Waals surface area (Å²) in [5, 5.41) is 3.57. The van der Waals surface area contributed by atoms with Gasteiger partial charge in [0.15, 0.2) is 5.82 Å². The minimum Gasteiger partial charge on any atom is -0.394 e. The largest absolute Gasteiger partial charge is 0.394 e. The zero-order valence-electron chi connectivity index (χ0n) is 6.56. The molecule has 0 aliphatic carbocycles. The highest BCUT2D eigenvalue weighted by atomic mass is 16.5. The van der Waals surface area contributed by atoms with Crippen LogP contribution in [0.15, 0.2) is 23.1 Å². The van der Waals surface area contributed by atoms with E-state index in [0.717, 1.165) is 0 Å². The van der Waals surface area contributed by atoms with Crippen molar-refractivity contribution in [3.05, 3.63) is 18.6 Å². The molecule has 0 aliphatic heterocycles. The lowest BCUT2D eigenvalue weighted by Crippen LogP contribution is -1.92. The summed E-state index contributed by atoms with van der Waals surface area (Å²) >= 11 is 0. The zero-order valence-corrected chi connectivity index (χ0v) is 6.56. The van der Waals surface area contributed by atoms with Crippen molar-refractivity contribution in [2.24, 2.45) is 7.05 Å². The first-order valence-corrected chi connectivity index (χ1v) is 3.47. The molecule has 5 nitrogen and oxygen atoms in total. The Morgan fingerprint density at radius 1 is 1.58 bits per heavy atom. The van der Waals surface area contributed by atoms with Crippen molar-refractivity contribution in [2.75, 3.05) is 5.73 Å². The van der Waals surface area contributed by atoms with E-state index in [1.165, 1.54) is 6.20 Å². The second kappa shape index (κ2) is 2.37. The lowest BCUT2D eigenvalue weighted by Gasteiger charge is -1.95. The summed E-state index contributed by atoms with van der Waals surface area (Å²) in [6.45, 7) is 0. The van der Waals surface area contributed by atoms with Gasteiger partial charge in [-0.3, -0.25) is 0 Å². The first kappa shape index (κ1) is 6.90. The predicted molar refractivity (Wildman–Crippen MR) is 43.1 cm³/mol. The molecule has 0 bridgehead atoms. The van der Waals surface area contributed by atoms with E-state index in [9.17, 15) is 0 Å². The van der Waals surface area contributed by atoms with Gasteiger partial charge in [-0.05, 0) is 0 Å². The average Bonchev–Trinajstić information content (AvgIpc) is 2.59. The Morgan fingerprint density at radius 3 is 2.92 bits per heavy atom. The Hall–Kier alpha value is -1.78. The van der Waals surface area contributed by atoms with E-state index < -0.39 is 0 Å². The van der Waals surface area contributed by atoms with E-state index in [0.29, 0.717) is 17.3 Å². The molecule has 0 saturated carbocycles. The number of rotatable bonds is 1. The molecule has 0 fully saturated rings. The van der Waals surface area contributed by atoms with Crippen LogP contribution in [0.2, 0.25) is 0 Å². The fourth-order valence-corrected chi connectivity index (χ4v) is 1.00. The highest BCUT2D eigenvalue weighted by molar-refractivity contribution is 5.64. The molecule has 2 aromatic rings. The van der Waals surface area contributed by atoms with Crippen LogP contribution in [0.5, 0.6) is 0 Å². The normalized spacial score (nSPS) is 10.4. The number of hydrogen-bond acceptors (Lipinski definition) is 4. The lowest BCUT2D eigenvalue weighted by molar-refractivity contribution is 0.428. The third kappa shape index (κ3) is 0.868. The second-order valence-electron chi connectivity index (χ2n) is 2.47. The Bertz CT molecular complexity index is 351. The van der Waals surface area contributed by atoms with Gasteiger partial charge >= 0.3 is 0 Å². The van der Waals surface area contributed by atoms with Gasteiger partial charge in [0.25, 0.3) is 0 Å². The van der Waals surface area contributed by atoms with Crippen molar-refractivity contribution in [2.45, 2.75) is 0 Å². The van der Waals surface area contributed by atoms with Crippen molar-refractivity contribution in [3.63, 3.8) is 0 Å². The molecule has 0 unspecified atom stereocenters. The Kier molecular flexibility index (Phi) is 1.36. The highest BCUT2D eigenvalue weighted by Gasteiger charge is 2.11. The molecule has 2 heterocycles. The number of nitrogens with zero attached hydrogens (tertiary/aromatic N) is 3. The van der Waals surface area contributed by atoms with Crippen LogP contribution in [0.3, 0.4) is 0 Å². The number of hydrogen-bond donors (Lipinski definition) is 1. The number of aromatic nitrogens is 3. The van der Waals surface area contributed by atoms with E-state index in [1.54, 1.807) is 6.20 Å². The zero-order chi connectivity index (χ0) is 8.55. The van der Waals surface area contributed by atoms with Crippen LogP contribution < -0.4 is 5.73 Å². The van der Waals surface area contributed by atoms with Gasteiger partial charge < -0.3 is 14.8 Å². The summed E-state index contributed by atoms with van der Waals surface area (Å²) in [7, 11) is 1.87. The summed E-state index contributed by atoms with van der Waals surface area (Å²) in [5.74, 6) is 1.20. The molecule has 0 atom stereocenters. The van der Waals surface area contributed by atoms with Gasteiger partial charge in [-0.15, -0.1) is 0 Å². The first-order chi connectivity index (χ1) is 5.79. The fourth-order valence-electron chi connectivity index (χ4n) is 1.00. The minimum atomic E-state index is 0.504. The van der Waals surface area contributed by atoms with Gasteiger partial charge in [0, 0.05) is 19.4 Å². The first-order valence-electron chi connectivity index (χ1n) is 3.47. The number of nitrogens with two attached hydrogens (primary N) is 1. The topological polar surface area (TPSA) is 69.9 Å². The van der Waals surface area contributed by atoms with Crippen LogP contribution in [-0.2, 0) is 7.05 Å². The Morgan fingerprint density at radius 2 is 2.42 bits per heavy atom. The van der Waals surface area contributed by atoms with Crippen LogP contribution in [0.1, 0.15) is 0 Å². The van der Waals surface area contributed by atoms with Crippen LogP contribution in [0.25, 0.3) is 11.6 Å². The van der Waals surface area contributed by atoms with Gasteiger partial charge in [-0.1, -0.05) is 5.16 Å². The fraction of sp³-hybridized carbons (Fsp3) is 0.143. The van der Waals surface area contributed by atoms with Gasteiger partial charge in [-0.2, -0.15) is 0 Å². The minimum absolute atomic E-state index is 0.504. The van der Waals surface area contributed by atoms with Crippen LogP contribution in [0, 0.1) is 0 Å². The predicted octanol–water partition coefficient (Wildman–Crippen LogP) is 0.657. The molecule has 0 aliphatic rings. The van der Waals surface area contributed by atoms with E-state index in [-0.39, 0.29) is 0 Å². The molecule has 0 saturated heterocycles. The highest BCUT2D eigenvalue weighted by Crippen LogP contribution is 2.22. The van der Waals surface area contributed by atoms with E-state index in [2.05, 4.69) is 10.1 Å². The number of aryl methyl sites for hydroxylation is 1. The van der Waals surface area contributed by atoms with Crippen molar-refractivity contribution < 1.29 is 4.52 Å². The Labute approximate surface area is 68.8 Å². The third-order valence-electron chi connectivity index (χ3n) is 1.62. The quantitative estimate of drug-likeness (QED) is 0.672. The van der Waals surface area contributed by atoms with Crippen molar-refractivity contribution in [1.82, 2.24) is 14.7 Å². The lowest BCUT2D eigenvalue weighted by atomic mass is 10.4. The molecule has 12 heavy (non-hydrogen) atoms. The number of nitrogen functional groups attached to an aromatic ring is 1. The molecule has 0 aromatic carbocycles. The van der Waals surface area contributed by atoms with Gasteiger partial charge in [0.1, 0.15) is 5.69 Å². The van der Waals surface area contributed by atoms with E-state index >= 15 is 0 Å². The van der Waals surface area contributed by atoms with Crippen molar-refractivity contribution in [1.29, 1.82) is 0 Å². The number of imidazole rings is 1. The third-order valence-corrected chi connectivity index (χ3v) is 1.62.